The van der Waals surface area contributed by atoms with E-state index in [1.165, 1.54) is 0 Å². The molecule has 0 heterocycles. The van der Waals surface area contributed by atoms with Crippen molar-refractivity contribution in [3.63, 3.8) is 0 Å². The molecule has 0 aliphatic heterocycles. The molecule has 2 N–H and O–H groups in total. The average Bonchev–Trinajstić information content (AvgIpc) is 3.03. The van der Waals surface area contributed by atoms with Gasteiger partial charge in [0.15, 0.2) is 0 Å². The van der Waals surface area contributed by atoms with Crippen LogP contribution in [0.3, 0.4) is 0 Å². The monoisotopic (exact) mass is 360 g/mol. The van der Waals surface area contributed by atoms with E-state index in [0.717, 1.165) is 23.4 Å². The number of hydrogen-bond acceptors (Lipinski definition) is 5. The molecule has 1 fully saturated rings. The van der Waals surface area contributed by atoms with Gasteiger partial charge < -0.3 is 10.6 Å². The zero-order chi connectivity index (χ0) is 18.3. The molecule has 0 aromatic heterocycles. The van der Waals surface area contributed by atoms with E-state index in [-0.39, 0.29) is 24.9 Å². The summed E-state index contributed by atoms with van der Waals surface area (Å²) in [5.74, 6) is -0.393. The zero-order valence-corrected chi connectivity index (χ0v) is 15.5. The Hall–Kier alpha value is -2.04. The fourth-order valence-electron chi connectivity index (χ4n) is 3.03. The van der Waals surface area contributed by atoms with Crippen molar-refractivity contribution in [1.29, 1.82) is 5.26 Å². The standard InChI is InChI=1S/C18H24N4O2S/c1-22(12-17(24)21-18(13-19)9-5-6-10-18)11-16(23)20-14-7-3-4-8-15(14)25-2/h3-4,7-8H,5-6,9-12H2,1-2H3,(H,20,23)(H,21,24). The molecule has 0 spiro atoms. The molecule has 1 aliphatic rings. The Bertz CT molecular complexity index is 665. The first-order valence-electron chi connectivity index (χ1n) is 8.32. The lowest BCUT2D eigenvalue weighted by Crippen LogP contribution is -2.49. The van der Waals surface area contributed by atoms with E-state index in [0.29, 0.717) is 12.8 Å². The molecule has 6 nitrogen and oxygen atoms in total. The quantitative estimate of drug-likeness (QED) is 0.729. The maximum Gasteiger partial charge on any atom is 0.238 e. The Labute approximate surface area is 153 Å². The van der Waals surface area contributed by atoms with Crippen LogP contribution >= 0.6 is 11.8 Å². The normalized spacial score (nSPS) is 15.6. The number of amides is 2. The van der Waals surface area contributed by atoms with Gasteiger partial charge in [-0.15, -0.1) is 11.8 Å². The van der Waals surface area contributed by atoms with E-state index >= 15 is 0 Å². The summed E-state index contributed by atoms with van der Waals surface area (Å²) in [5.41, 5.74) is 0.0459. The van der Waals surface area contributed by atoms with E-state index in [1.54, 1.807) is 23.7 Å². The van der Waals surface area contributed by atoms with Gasteiger partial charge in [-0.2, -0.15) is 5.26 Å². The van der Waals surface area contributed by atoms with Crippen LogP contribution in [0.4, 0.5) is 5.69 Å². The second kappa shape index (κ2) is 8.88. The summed E-state index contributed by atoms with van der Waals surface area (Å²) in [6, 6.07) is 9.83. The van der Waals surface area contributed by atoms with Gasteiger partial charge in [-0.3, -0.25) is 14.5 Å². The summed E-state index contributed by atoms with van der Waals surface area (Å²) in [5, 5.41) is 15.0. The second-order valence-corrected chi connectivity index (χ2v) is 7.22. The van der Waals surface area contributed by atoms with Crippen LogP contribution in [-0.4, -0.2) is 48.6 Å². The number of para-hydroxylation sites is 1. The van der Waals surface area contributed by atoms with Crippen molar-refractivity contribution in [2.45, 2.75) is 36.1 Å². The molecule has 2 amide bonds. The summed E-state index contributed by atoms with van der Waals surface area (Å²) in [7, 11) is 1.72. The number of likely N-dealkylation sites (N-methyl/N-ethyl adjacent to an activating group) is 1. The predicted molar refractivity (Wildman–Crippen MR) is 99.3 cm³/mol. The number of anilines is 1. The molecular weight excluding hydrogens is 336 g/mol. The number of nitriles is 1. The Kier molecular flexibility index (Phi) is 6.85. The maximum atomic E-state index is 12.2. The van der Waals surface area contributed by atoms with Gasteiger partial charge in [0.1, 0.15) is 5.54 Å². The van der Waals surface area contributed by atoms with E-state index < -0.39 is 5.54 Å². The lowest BCUT2D eigenvalue weighted by Gasteiger charge is -2.24. The Morgan fingerprint density at radius 1 is 1.24 bits per heavy atom. The molecule has 0 saturated heterocycles. The highest BCUT2D eigenvalue weighted by Gasteiger charge is 2.35. The number of hydrogen-bond donors (Lipinski definition) is 2. The number of thioether (sulfide) groups is 1. The van der Waals surface area contributed by atoms with Gasteiger partial charge in [0, 0.05) is 4.90 Å². The van der Waals surface area contributed by atoms with Crippen LogP contribution in [0.1, 0.15) is 25.7 Å². The minimum Gasteiger partial charge on any atom is -0.337 e. The summed E-state index contributed by atoms with van der Waals surface area (Å²) in [6.07, 6.45) is 5.27. The van der Waals surface area contributed by atoms with Crippen molar-refractivity contribution in [3.05, 3.63) is 24.3 Å². The highest BCUT2D eigenvalue weighted by atomic mass is 32.2. The van der Waals surface area contributed by atoms with Gasteiger partial charge in [0.25, 0.3) is 0 Å². The molecule has 1 aromatic carbocycles. The average molecular weight is 360 g/mol. The molecule has 7 heteroatoms. The van der Waals surface area contributed by atoms with Crippen LogP contribution in [0.15, 0.2) is 29.2 Å². The van der Waals surface area contributed by atoms with Crippen molar-refractivity contribution < 1.29 is 9.59 Å². The molecule has 0 radical (unpaired) electrons. The molecular formula is C18H24N4O2S. The van der Waals surface area contributed by atoms with Crippen molar-refractivity contribution in [3.8, 4) is 6.07 Å². The number of benzene rings is 1. The molecule has 0 atom stereocenters. The topological polar surface area (TPSA) is 85.2 Å². The lowest BCUT2D eigenvalue weighted by molar-refractivity contribution is -0.124. The number of nitrogens with zero attached hydrogens (tertiary/aromatic N) is 2. The van der Waals surface area contributed by atoms with Crippen molar-refractivity contribution in [2.75, 3.05) is 31.7 Å². The third-order valence-corrected chi connectivity index (χ3v) is 5.05. The first-order valence-corrected chi connectivity index (χ1v) is 9.54. The number of nitrogens with one attached hydrogen (secondary N) is 2. The third-order valence-electron chi connectivity index (χ3n) is 4.26. The maximum absolute atomic E-state index is 12.2. The number of carbonyl (C=O) groups excluding carboxylic acids is 2. The smallest absolute Gasteiger partial charge is 0.238 e. The van der Waals surface area contributed by atoms with Gasteiger partial charge in [-0.25, -0.2) is 0 Å². The fourth-order valence-corrected chi connectivity index (χ4v) is 3.59. The molecule has 25 heavy (non-hydrogen) atoms. The Morgan fingerprint density at radius 3 is 2.52 bits per heavy atom. The van der Waals surface area contributed by atoms with E-state index in [4.69, 9.17) is 0 Å². The summed E-state index contributed by atoms with van der Waals surface area (Å²) >= 11 is 1.56. The molecule has 1 aromatic rings. The highest BCUT2D eigenvalue weighted by molar-refractivity contribution is 7.98. The minimum absolute atomic E-state index is 0.0843. The number of rotatable bonds is 7. The minimum atomic E-state index is -0.725. The van der Waals surface area contributed by atoms with E-state index in [1.807, 2.05) is 30.5 Å². The van der Waals surface area contributed by atoms with Gasteiger partial charge in [-0.1, -0.05) is 12.1 Å². The van der Waals surface area contributed by atoms with Gasteiger partial charge >= 0.3 is 0 Å². The highest BCUT2D eigenvalue weighted by Crippen LogP contribution is 2.28. The molecule has 1 aliphatic carbocycles. The van der Waals surface area contributed by atoms with Gasteiger partial charge in [0.05, 0.1) is 24.8 Å². The fraction of sp³-hybridized carbons (Fsp3) is 0.500. The van der Waals surface area contributed by atoms with Crippen molar-refractivity contribution in [2.24, 2.45) is 0 Å². The van der Waals surface area contributed by atoms with Crippen LogP contribution in [0.2, 0.25) is 0 Å². The Balaban J connectivity index is 1.83. The predicted octanol–water partition coefficient (Wildman–Crippen LogP) is 2.23. The van der Waals surface area contributed by atoms with Crippen LogP contribution < -0.4 is 10.6 Å². The molecule has 134 valence electrons. The summed E-state index contributed by atoms with van der Waals surface area (Å²) in [4.78, 5) is 27.0. The molecule has 0 bridgehead atoms. The number of carbonyl (C=O) groups is 2. The summed E-state index contributed by atoms with van der Waals surface area (Å²) in [6.45, 7) is 0.191. The largest absolute Gasteiger partial charge is 0.337 e. The molecule has 0 unspecified atom stereocenters. The first kappa shape index (κ1) is 19.3. The van der Waals surface area contributed by atoms with Crippen LogP contribution in [0.25, 0.3) is 0 Å². The second-order valence-electron chi connectivity index (χ2n) is 6.37. The van der Waals surface area contributed by atoms with Crippen LogP contribution in [-0.2, 0) is 9.59 Å². The summed E-state index contributed by atoms with van der Waals surface area (Å²) < 4.78 is 0. The van der Waals surface area contributed by atoms with Crippen LogP contribution in [0.5, 0.6) is 0 Å². The van der Waals surface area contributed by atoms with Gasteiger partial charge in [-0.05, 0) is 51.1 Å². The lowest BCUT2D eigenvalue weighted by atomic mass is 10.00. The third kappa shape index (κ3) is 5.48. The van der Waals surface area contributed by atoms with Crippen molar-refractivity contribution >= 4 is 29.3 Å². The van der Waals surface area contributed by atoms with Crippen molar-refractivity contribution in [1.82, 2.24) is 10.2 Å². The zero-order valence-electron chi connectivity index (χ0n) is 14.7. The van der Waals surface area contributed by atoms with Gasteiger partial charge in [0.2, 0.25) is 11.8 Å². The SMILES string of the molecule is CSc1ccccc1NC(=O)CN(C)CC(=O)NC1(C#N)CCCC1. The van der Waals surface area contributed by atoms with E-state index in [2.05, 4.69) is 16.7 Å². The first-order chi connectivity index (χ1) is 12.0. The van der Waals surface area contributed by atoms with Crippen LogP contribution in [0, 0.1) is 11.3 Å². The molecule has 1 saturated carbocycles. The molecule has 2 rings (SSSR count). The Morgan fingerprint density at radius 2 is 1.88 bits per heavy atom. The van der Waals surface area contributed by atoms with E-state index in [9.17, 15) is 14.9 Å².